The number of unbranched alkanes of at least 4 members (excludes halogenated alkanes) is 1. The zero-order valence-corrected chi connectivity index (χ0v) is 15.1. The van der Waals surface area contributed by atoms with E-state index in [4.69, 9.17) is 4.74 Å². The van der Waals surface area contributed by atoms with Crippen molar-refractivity contribution in [1.82, 2.24) is 4.90 Å². The number of carbonyl (C=O) groups is 3. The van der Waals surface area contributed by atoms with Gasteiger partial charge in [-0.2, -0.15) is 0 Å². The Kier molecular flexibility index (Phi) is 6.91. The molecule has 26 heavy (non-hydrogen) atoms. The van der Waals surface area contributed by atoms with Gasteiger partial charge in [0, 0.05) is 32.4 Å². The number of benzene rings is 1. The highest BCUT2D eigenvalue weighted by molar-refractivity contribution is 6.34. The van der Waals surface area contributed by atoms with E-state index in [0.29, 0.717) is 30.9 Å². The monoisotopic (exact) mass is 360 g/mol. The van der Waals surface area contributed by atoms with Crippen molar-refractivity contribution in [3.05, 3.63) is 35.6 Å². The summed E-state index contributed by atoms with van der Waals surface area (Å²) in [5, 5.41) is 12.7. The van der Waals surface area contributed by atoms with Crippen molar-refractivity contribution >= 4 is 29.0 Å². The molecule has 0 fully saturated rings. The van der Waals surface area contributed by atoms with Crippen molar-refractivity contribution in [3.63, 3.8) is 0 Å². The lowest BCUT2D eigenvalue weighted by Crippen LogP contribution is -2.33. The number of hydrogen-bond acceptors (Lipinski definition) is 5. The number of aliphatic hydroxyl groups excluding tert-OH is 1. The number of carbonyl (C=O) groups excluding carboxylic acids is 3. The third kappa shape index (κ3) is 4.70. The molecule has 7 nitrogen and oxygen atoms in total. The number of nitrogens with one attached hydrogen (secondary N) is 1. The number of rotatable bonds is 9. The maximum Gasteiger partial charge on any atom is 0.296 e. The maximum absolute atomic E-state index is 12.5. The number of imide groups is 1. The third-order valence-corrected chi connectivity index (χ3v) is 3.95. The average molecular weight is 360 g/mol. The first-order valence-corrected chi connectivity index (χ1v) is 8.71. The van der Waals surface area contributed by atoms with Crippen molar-refractivity contribution < 1.29 is 24.2 Å². The summed E-state index contributed by atoms with van der Waals surface area (Å²) in [4.78, 5) is 36.8. The molecule has 0 saturated heterocycles. The quantitative estimate of drug-likeness (QED) is 0.521. The normalized spacial score (nSPS) is 14.3. The van der Waals surface area contributed by atoms with Crippen LogP contribution in [0.4, 0.5) is 5.69 Å². The number of ether oxygens (including phenoxy) is 1. The van der Waals surface area contributed by atoms with E-state index >= 15 is 0 Å². The molecule has 140 valence electrons. The molecule has 0 aromatic heterocycles. The minimum absolute atomic E-state index is 0.0173. The second-order valence-electron chi connectivity index (χ2n) is 6.06. The Morgan fingerprint density at radius 3 is 2.38 bits per heavy atom. The van der Waals surface area contributed by atoms with Gasteiger partial charge >= 0.3 is 0 Å². The van der Waals surface area contributed by atoms with E-state index in [0.717, 1.165) is 17.7 Å². The highest BCUT2D eigenvalue weighted by Gasteiger charge is 2.38. The van der Waals surface area contributed by atoms with Crippen LogP contribution in [-0.2, 0) is 19.1 Å². The van der Waals surface area contributed by atoms with E-state index in [1.165, 1.54) is 6.92 Å². The van der Waals surface area contributed by atoms with E-state index in [1.54, 1.807) is 24.3 Å². The summed E-state index contributed by atoms with van der Waals surface area (Å²) in [6.45, 7) is 4.78. The fourth-order valence-electron chi connectivity index (χ4n) is 2.62. The van der Waals surface area contributed by atoms with Crippen LogP contribution in [-0.4, -0.2) is 47.5 Å². The van der Waals surface area contributed by atoms with E-state index in [9.17, 15) is 19.5 Å². The molecule has 7 heteroatoms. The van der Waals surface area contributed by atoms with Crippen molar-refractivity contribution in [3.8, 4) is 0 Å². The van der Waals surface area contributed by atoms with Gasteiger partial charge in [-0.05, 0) is 30.5 Å². The summed E-state index contributed by atoms with van der Waals surface area (Å²) in [5.41, 5.74) is 0.979. The van der Waals surface area contributed by atoms with Crippen LogP contribution in [0.2, 0.25) is 0 Å². The van der Waals surface area contributed by atoms with E-state index in [-0.39, 0.29) is 18.0 Å². The van der Waals surface area contributed by atoms with Crippen LogP contribution < -0.4 is 5.32 Å². The molecule has 2 N–H and O–H groups in total. The first-order valence-electron chi connectivity index (χ1n) is 8.71. The molecule has 1 aliphatic rings. The molecular formula is C19H24N2O5. The molecule has 2 rings (SSSR count). The molecule has 0 bridgehead atoms. The molecule has 1 aromatic rings. The Morgan fingerprint density at radius 2 is 1.77 bits per heavy atom. The van der Waals surface area contributed by atoms with Crippen LogP contribution in [0.3, 0.4) is 0 Å². The molecule has 0 saturated carbocycles. The highest BCUT2D eigenvalue weighted by Crippen LogP contribution is 2.28. The molecule has 0 radical (unpaired) electrons. The lowest BCUT2D eigenvalue weighted by atomic mass is 10.1. The van der Waals surface area contributed by atoms with Crippen LogP contribution in [0.25, 0.3) is 5.57 Å². The predicted octanol–water partition coefficient (Wildman–Crippen LogP) is 2.49. The Bertz CT molecular complexity index is 709. The standard InChI is InChI=1S/C19H24N2O5/c1-3-4-11-26-12-5-10-21-18(24)16(17(23)19(21)25)14-6-8-15(9-7-14)20-13(2)22/h6-9,23H,3-5,10-12H2,1-2H3,(H,20,22). The Labute approximate surface area is 152 Å². The fourth-order valence-corrected chi connectivity index (χ4v) is 2.62. The van der Waals surface area contributed by atoms with E-state index in [2.05, 4.69) is 12.2 Å². The molecule has 1 aliphatic heterocycles. The molecule has 3 amide bonds. The predicted molar refractivity (Wildman–Crippen MR) is 97.4 cm³/mol. The third-order valence-electron chi connectivity index (χ3n) is 3.95. The Morgan fingerprint density at radius 1 is 1.12 bits per heavy atom. The fraction of sp³-hybridized carbons (Fsp3) is 0.421. The molecule has 0 aliphatic carbocycles. The van der Waals surface area contributed by atoms with Gasteiger partial charge in [-0.25, -0.2) is 0 Å². The Hall–Kier alpha value is -2.67. The van der Waals surface area contributed by atoms with Gasteiger partial charge in [0.2, 0.25) is 5.91 Å². The maximum atomic E-state index is 12.5. The second kappa shape index (κ2) is 9.15. The van der Waals surface area contributed by atoms with Gasteiger partial charge in [-0.1, -0.05) is 25.5 Å². The molecule has 0 spiro atoms. The number of amides is 3. The van der Waals surface area contributed by atoms with E-state index in [1.807, 2.05) is 0 Å². The first-order chi connectivity index (χ1) is 12.5. The van der Waals surface area contributed by atoms with Crippen LogP contribution in [0.1, 0.15) is 38.7 Å². The zero-order valence-electron chi connectivity index (χ0n) is 15.1. The van der Waals surface area contributed by atoms with Gasteiger partial charge in [0.05, 0.1) is 5.57 Å². The molecular weight excluding hydrogens is 336 g/mol. The number of hydrogen-bond donors (Lipinski definition) is 2. The van der Waals surface area contributed by atoms with Gasteiger partial charge in [-0.3, -0.25) is 19.3 Å². The van der Waals surface area contributed by atoms with Gasteiger partial charge in [0.15, 0.2) is 5.76 Å². The molecule has 1 aromatic carbocycles. The summed E-state index contributed by atoms with van der Waals surface area (Å²) < 4.78 is 5.43. The lowest BCUT2D eigenvalue weighted by Gasteiger charge is -2.14. The molecule has 0 unspecified atom stereocenters. The number of anilines is 1. The number of aliphatic hydroxyl groups is 1. The lowest BCUT2D eigenvalue weighted by molar-refractivity contribution is -0.138. The summed E-state index contributed by atoms with van der Waals surface area (Å²) >= 11 is 0. The summed E-state index contributed by atoms with van der Waals surface area (Å²) in [7, 11) is 0. The number of nitrogens with zero attached hydrogens (tertiary/aromatic N) is 1. The minimum Gasteiger partial charge on any atom is -0.502 e. The topological polar surface area (TPSA) is 95.9 Å². The Balaban J connectivity index is 2.00. The molecule has 0 atom stereocenters. The SMILES string of the molecule is CCCCOCCCN1C(=O)C(O)=C(c2ccc(NC(C)=O)cc2)C1=O. The smallest absolute Gasteiger partial charge is 0.296 e. The summed E-state index contributed by atoms with van der Waals surface area (Å²) in [6.07, 6.45) is 2.54. The highest BCUT2D eigenvalue weighted by atomic mass is 16.5. The van der Waals surface area contributed by atoms with Crippen molar-refractivity contribution in [2.24, 2.45) is 0 Å². The van der Waals surface area contributed by atoms with Crippen molar-refractivity contribution in [2.75, 3.05) is 25.1 Å². The average Bonchev–Trinajstić information content (AvgIpc) is 2.81. The minimum atomic E-state index is -0.690. The van der Waals surface area contributed by atoms with E-state index < -0.39 is 17.6 Å². The van der Waals surface area contributed by atoms with Gasteiger partial charge in [0.1, 0.15) is 0 Å². The zero-order chi connectivity index (χ0) is 19.1. The first kappa shape index (κ1) is 19.7. The van der Waals surface area contributed by atoms with Crippen LogP contribution in [0, 0.1) is 0 Å². The van der Waals surface area contributed by atoms with Crippen LogP contribution >= 0.6 is 0 Å². The molecule has 1 heterocycles. The van der Waals surface area contributed by atoms with Gasteiger partial charge in [0.25, 0.3) is 11.8 Å². The van der Waals surface area contributed by atoms with Crippen LogP contribution in [0.15, 0.2) is 30.0 Å². The van der Waals surface area contributed by atoms with Gasteiger partial charge < -0.3 is 15.2 Å². The summed E-state index contributed by atoms with van der Waals surface area (Å²) in [5.74, 6) is -1.97. The van der Waals surface area contributed by atoms with Crippen molar-refractivity contribution in [2.45, 2.75) is 33.1 Å². The van der Waals surface area contributed by atoms with Crippen LogP contribution in [0.5, 0.6) is 0 Å². The second-order valence-corrected chi connectivity index (χ2v) is 6.06. The van der Waals surface area contributed by atoms with Crippen molar-refractivity contribution in [1.29, 1.82) is 0 Å². The summed E-state index contributed by atoms with van der Waals surface area (Å²) in [6, 6.07) is 6.39. The largest absolute Gasteiger partial charge is 0.502 e. The van der Waals surface area contributed by atoms with Gasteiger partial charge in [-0.15, -0.1) is 0 Å².